The molecule has 0 unspecified atom stereocenters. The summed E-state index contributed by atoms with van der Waals surface area (Å²) < 4.78 is 39.6. The molecule has 0 spiro atoms. The van der Waals surface area contributed by atoms with Gasteiger partial charge in [0.1, 0.15) is 11.9 Å². The van der Waals surface area contributed by atoms with Crippen LogP contribution in [0.3, 0.4) is 0 Å². The number of hydrogen-bond donors (Lipinski definition) is 1. The molecular formula is C26H35ClFN3O4S. The molecule has 10 heteroatoms. The number of halogens is 2. The minimum Gasteiger partial charge on any atom is -0.350 e. The summed E-state index contributed by atoms with van der Waals surface area (Å²) in [5, 5.41) is 3.33. The van der Waals surface area contributed by atoms with E-state index < -0.39 is 27.4 Å². The van der Waals surface area contributed by atoms with Gasteiger partial charge in [-0.3, -0.25) is 13.9 Å². The molecule has 7 nitrogen and oxygen atoms in total. The van der Waals surface area contributed by atoms with E-state index in [9.17, 15) is 22.4 Å². The monoisotopic (exact) mass is 539 g/mol. The van der Waals surface area contributed by atoms with Crippen molar-refractivity contribution in [3.63, 3.8) is 0 Å². The number of sulfonamides is 1. The van der Waals surface area contributed by atoms with Gasteiger partial charge in [0.15, 0.2) is 0 Å². The predicted molar refractivity (Wildman–Crippen MR) is 142 cm³/mol. The first-order valence-corrected chi connectivity index (χ1v) is 13.9. The number of rotatable bonds is 10. The number of amides is 2. The maximum absolute atomic E-state index is 13.4. The zero-order valence-corrected chi connectivity index (χ0v) is 23.2. The van der Waals surface area contributed by atoms with Gasteiger partial charge in [0, 0.05) is 30.1 Å². The van der Waals surface area contributed by atoms with Gasteiger partial charge in [-0.05, 0) is 76.4 Å². The Morgan fingerprint density at radius 3 is 2.28 bits per heavy atom. The second-order valence-electron chi connectivity index (χ2n) is 9.89. The van der Waals surface area contributed by atoms with Gasteiger partial charge in [-0.1, -0.05) is 29.8 Å². The van der Waals surface area contributed by atoms with Crippen LogP contribution >= 0.6 is 11.6 Å². The largest absolute Gasteiger partial charge is 0.350 e. The fraction of sp³-hybridized carbons (Fsp3) is 0.462. The molecule has 0 aliphatic heterocycles. The van der Waals surface area contributed by atoms with Gasteiger partial charge in [0.2, 0.25) is 21.8 Å². The van der Waals surface area contributed by atoms with Gasteiger partial charge in [-0.15, -0.1) is 0 Å². The smallest absolute Gasteiger partial charge is 0.242 e. The molecule has 36 heavy (non-hydrogen) atoms. The van der Waals surface area contributed by atoms with E-state index in [0.29, 0.717) is 21.8 Å². The lowest BCUT2D eigenvalue weighted by atomic mass is 10.1. The highest BCUT2D eigenvalue weighted by Crippen LogP contribution is 2.28. The number of carbonyl (C=O) groups excluding carboxylic acids is 2. The highest BCUT2D eigenvalue weighted by atomic mass is 35.5. The molecule has 2 aromatic rings. The second-order valence-corrected chi connectivity index (χ2v) is 12.2. The van der Waals surface area contributed by atoms with Gasteiger partial charge in [-0.25, -0.2) is 12.8 Å². The molecule has 0 saturated heterocycles. The zero-order chi connectivity index (χ0) is 27.3. The van der Waals surface area contributed by atoms with Crippen molar-refractivity contribution in [2.24, 2.45) is 0 Å². The molecule has 1 N–H and O–H groups in total. The first-order chi connectivity index (χ1) is 16.6. The van der Waals surface area contributed by atoms with E-state index in [1.165, 1.54) is 21.3 Å². The lowest BCUT2D eigenvalue weighted by Crippen LogP contribution is -2.52. The number of nitrogens with zero attached hydrogens (tertiary/aromatic N) is 2. The van der Waals surface area contributed by atoms with Crippen LogP contribution in [0.25, 0.3) is 0 Å². The number of hydrogen-bond acceptors (Lipinski definition) is 4. The van der Waals surface area contributed by atoms with Crippen LogP contribution in [0.4, 0.5) is 10.1 Å². The molecule has 0 saturated carbocycles. The Labute approximate surface area is 218 Å². The predicted octanol–water partition coefficient (Wildman–Crippen LogP) is 4.67. The topological polar surface area (TPSA) is 86.8 Å². The van der Waals surface area contributed by atoms with Crippen LogP contribution in [0.5, 0.6) is 0 Å². The zero-order valence-electron chi connectivity index (χ0n) is 21.6. The lowest BCUT2D eigenvalue weighted by Gasteiger charge is -2.32. The number of nitrogens with one attached hydrogen (secondary N) is 1. The fourth-order valence-electron chi connectivity index (χ4n) is 3.69. The molecule has 0 radical (unpaired) electrons. The van der Waals surface area contributed by atoms with E-state index in [-0.39, 0.29) is 37.7 Å². The third-order valence-corrected chi connectivity index (χ3v) is 7.18. The van der Waals surface area contributed by atoms with Crippen molar-refractivity contribution in [2.45, 2.75) is 65.6 Å². The van der Waals surface area contributed by atoms with Crippen molar-refractivity contribution >= 4 is 39.1 Å². The molecule has 0 aliphatic rings. The summed E-state index contributed by atoms with van der Waals surface area (Å²) in [6, 6.07) is 9.97. The van der Waals surface area contributed by atoms with Crippen molar-refractivity contribution < 1.29 is 22.4 Å². The first-order valence-electron chi connectivity index (χ1n) is 11.7. The van der Waals surface area contributed by atoms with E-state index in [4.69, 9.17) is 11.6 Å². The summed E-state index contributed by atoms with van der Waals surface area (Å²) in [5.41, 5.74) is 1.27. The van der Waals surface area contributed by atoms with Crippen molar-refractivity contribution in [1.29, 1.82) is 0 Å². The molecule has 0 heterocycles. The van der Waals surface area contributed by atoms with E-state index >= 15 is 0 Å². The molecule has 198 valence electrons. The molecule has 0 bridgehead atoms. The van der Waals surface area contributed by atoms with Gasteiger partial charge in [0.25, 0.3) is 0 Å². The van der Waals surface area contributed by atoms with Gasteiger partial charge < -0.3 is 10.2 Å². The second kappa shape index (κ2) is 12.1. The highest BCUT2D eigenvalue weighted by Gasteiger charge is 2.29. The molecule has 2 rings (SSSR count). The van der Waals surface area contributed by atoms with Crippen molar-refractivity contribution in [2.75, 3.05) is 17.1 Å². The molecule has 0 aromatic heterocycles. The summed E-state index contributed by atoms with van der Waals surface area (Å²) in [6.45, 7) is 9.10. The average Bonchev–Trinajstić information content (AvgIpc) is 2.76. The average molecular weight is 540 g/mol. The Balaban J connectivity index is 2.22. The number of benzene rings is 2. The Morgan fingerprint density at radius 2 is 1.72 bits per heavy atom. The van der Waals surface area contributed by atoms with Crippen molar-refractivity contribution in [3.8, 4) is 0 Å². The van der Waals surface area contributed by atoms with Crippen LogP contribution in [0.1, 0.15) is 51.7 Å². The lowest BCUT2D eigenvalue weighted by molar-refractivity contribution is -0.141. The van der Waals surface area contributed by atoms with Gasteiger partial charge >= 0.3 is 0 Å². The van der Waals surface area contributed by atoms with E-state index in [1.807, 2.05) is 20.8 Å². The number of anilines is 1. The summed E-state index contributed by atoms with van der Waals surface area (Å²) in [5.74, 6) is -1.02. The van der Waals surface area contributed by atoms with Crippen LogP contribution < -0.4 is 9.62 Å². The molecule has 2 amide bonds. The molecule has 0 fully saturated rings. The van der Waals surface area contributed by atoms with Crippen molar-refractivity contribution in [1.82, 2.24) is 10.2 Å². The Morgan fingerprint density at radius 1 is 1.11 bits per heavy atom. The van der Waals surface area contributed by atoms with Crippen molar-refractivity contribution in [3.05, 3.63) is 64.4 Å². The van der Waals surface area contributed by atoms with Crippen LogP contribution in [-0.4, -0.2) is 49.5 Å². The van der Waals surface area contributed by atoms with Crippen LogP contribution in [-0.2, 0) is 26.2 Å². The van der Waals surface area contributed by atoms with Crippen LogP contribution in [0.2, 0.25) is 5.02 Å². The van der Waals surface area contributed by atoms with E-state index in [2.05, 4.69) is 5.32 Å². The Kier molecular flexibility index (Phi) is 9.91. The summed E-state index contributed by atoms with van der Waals surface area (Å²) in [4.78, 5) is 27.6. The quantitative estimate of drug-likeness (QED) is 0.475. The molecule has 2 aromatic carbocycles. The molecular weight excluding hydrogens is 505 g/mol. The maximum Gasteiger partial charge on any atom is 0.242 e. The third-order valence-electron chi connectivity index (χ3n) is 5.59. The molecule has 1 atom stereocenters. The SMILES string of the molecule is Cc1c(Cl)cccc1N(CCCC(=O)N(Cc1ccc(F)cc1)[C@@H](C)C(=O)NC(C)(C)C)S(C)(=O)=O. The standard InChI is InChI=1S/C26H35ClFN3O4S/c1-18-22(27)9-7-10-23(18)31(36(6,34)35)16-8-11-24(32)30(17-20-12-14-21(28)15-13-20)19(2)25(33)29-26(3,4)5/h7,9-10,12-15,19H,8,11,16-17H2,1-6H3,(H,29,33)/t19-/m0/s1. The first kappa shape index (κ1) is 29.6. The Hall–Kier alpha value is -2.65. The third kappa shape index (κ3) is 8.48. The van der Waals surface area contributed by atoms with Gasteiger partial charge in [0.05, 0.1) is 11.9 Å². The normalized spacial score (nSPS) is 12.7. The van der Waals surface area contributed by atoms with E-state index in [0.717, 1.165) is 6.26 Å². The van der Waals surface area contributed by atoms with Crippen LogP contribution in [0.15, 0.2) is 42.5 Å². The fourth-order valence-corrected chi connectivity index (χ4v) is 4.88. The summed E-state index contributed by atoms with van der Waals surface area (Å²) >= 11 is 6.19. The Bertz CT molecular complexity index is 1180. The van der Waals surface area contributed by atoms with E-state index in [1.54, 1.807) is 44.2 Å². The summed E-state index contributed by atoms with van der Waals surface area (Å²) in [6.07, 6.45) is 1.35. The minimum absolute atomic E-state index is 0.0139. The molecule has 0 aliphatic carbocycles. The summed E-state index contributed by atoms with van der Waals surface area (Å²) in [7, 11) is -3.63. The van der Waals surface area contributed by atoms with Gasteiger partial charge in [-0.2, -0.15) is 0 Å². The minimum atomic E-state index is -3.63. The maximum atomic E-state index is 13.4. The number of carbonyl (C=O) groups is 2. The highest BCUT2D eigenvalue weighted by molar-refractivity contribution is 7.92. The van der Waals surface area contributed by atoms with Crippen LogP contribution in [0, 0.1) is 12.7 Å².